The number of nitrogens with zero attached hydrogens (tertiary/aromatic N) is 2. The average Bonchev–Trinajstić information content (AvgIpc) is 3.30. The Labute approximate surface area is 217 Å². The first-order chi connectivity index (χ1) is 17.8. The van der Waals surface area contributed by atoms with Gasteiger partial charge in [-0.05, 0) is 37.1 Å². The molecule has 180 valence electrons. The third kappa shape index (κ3) is 6.01. The third-order valence-corrected chi connectivity index (χ3v) is 11.6. The molecule has 0 saturated heterocycles. The zero-order chi connectivity index (χ0) is 24.6. The zero-order valence-corrected chi connectivity index (χ0v) is 22.6. The van der Waals surface area contributed by atoms with E-state index in [1.54, 1.807) is 0 Å². The molecule has 2 nitrogen and oxygen atoms in total. The predicted molar refractivity (Wildman–Crippen MR) is 157 cm³/mol. The lowest BCUT2D eigenvalue weighted by atomic mass is 10.4. The van der Waals surface area contributed by atoms with Crippen molar-refractivity contribution in [3.63, 3.8) is 0 Å². The van der Waals surface area contributed by atoms with Crippen molar-refractivity contribution in [2.24, 2.45) is 0 Å². The Kier molecular flexibility index (Phi) is 8.39. The number of rotatable bonds is 10. The molecule has 4 aromatic carbocycles. The van der Waals surface area contributed by atoms with Gasteiger partial charge in [0.15, 0.2) is 0 Å². The highest BCUT2D eigenvalue weighted by Crippen LogP contribution is 2.34. The molecule has 0 N–H and O–H groups in total. The normalized spacial score (nSPS) is 11.3. The minimum absolute atomic E-state index is 0.383. The van der Waals surface area contributed by atoms with E-state index in [-0.39, 0.29) is 15.8 Å². The van der Waals surface area contributed by atoms with Gasteiger partial charge in [-0.25, -0.2) is 9.13 Å². The standard InChI is InChI=1S/C32H33N2P2/c1-28-33(24-26-35(29-14-6-2-7-15-29)30-16-8-3-9-17-30)22-23-34(28)25-27-36(31-18-10-4-11-19-31)32-20-12-5-13-21-32/h2-23H,24-27H2,1H3/q+1. The van der Waals surface area contributed by atoms with Crippen molar-refractivity contribution in [3.8, 4) is 0 Å². The van der Waals surface area contributed by atoms with Gasteiger partial charge in [0, 0.05) is 19.2 Å². The summed E-state index contributed by atoms with van der Waals surface area (Å²) in [5, 5.41) is 5.81. The fourth-order valence-corrected chi connectivity index (χ4v) is 9.26. The van der Waals surface area contributed by atoms with Crippen molar-refractivity contribution < 1.29 is 4.57 Å². The van der Waals surface area contributed by atoms with E-state index in [4.69, 9.17) is 0 Å². The van der Waals surface area contributed by atoms with Crippen LogP contribution in [0.3, 0.4) is 0 Å². The van der Waals surface area contributed by atoms with Crippen LogP contribution in [-0.2, 0) is 13.1 Å². The molecule has 4 heteroatoms. The van der Waals surface area contributed by atoms with Gasteiger partial charge in [-0.3, -0.25) is 0 Å². The molecular formula is C32H33N2P2+. The Balaban J connectivity index is 1.30. The van der Waals surface area contributed by atoms with Gasteiger partial charge in [-0.2, -0.15) is 0 Å². The summed E-state index contributed by atoms with van der Waals surface area (Å²) in [5.74, 6) is 1.34. The first-order valence-electron chi connectivity index (χ1n) is 12.6. The minimum atomic E-state index is -0.383. The molecular weight excluding hydrogens is 474 g/mol. The minimum Gasteiger partial charge on any atom is -0.234 e. The monoisotopic (exact) mass is 507 g/mol. The van der Waals surface area contributed by atoms with Gasteiger partial charge < -0.3 is 0 Å². The van der Waals surface area contributed by atoms with E-state index in [1.807, 2.05) is 0 Å². The highest BCUT2D eigenvalue weighted by atomic mass is 31.1. The molecule has 0 atom stereocenters. The second-order valence-corrected chi connectivity index (χ2v) is 13.5. The van der Waals surface area contributed by atoms with Crippen molar-refractivity contribution in [2.45, 2.75) is 20.0 Å². The molecule has 1 heterocycles. The topological polar surface area (TPSA) is 8.81 Å². The summed E-state index contributed by atoms with van der Waals surface area (Å²) >= 11 is 0. The number of imidazole rings is 1. The molecule has 0 spiro atoms. The molecule has 0 aliphatic heterocycles. The van der Waals surface area contributed by atoms with Crippen molar-refractivity contribution >= 4 is 37.1 Å². The molecule has 5 aromatic rings. The summed E-state index contributed by atoms with van der Waals surface area (Å²) in [6.07, 6.45) is 6.82. The highest BCUT2D eigenvalue weighted by Gasteiger charge is 2.20. The van der Waals surface area contributed by atoms with E-state index in [0.717, 1.165) is 25.4 Å². The van der Waals surface area contributed by atoms with Crippen LogP contribution in [0.2, 0.25) is 0 Å². The Morgan fingerprint density at radius 1 is 0.556 bits per heavy atom. The second-order valence-electron chi connectivity index (χ2n) is 8.88. The lowest BCUT2D eigenvalue weighted by molar-refractivity contribution is -0.698. The maximum Gasteiger partial charge on any atom is 0.253 e. The first kappa shape index (κ1) is 24.6. The molecule has 0 unspecified atom stereocenters. The first-order valence-corrected chi connectivity index (χ1v) is 15.7. The Bertz CT molecular complexity index is 1150. The van der Waals surface area contributed by atoms with E-state index in [1.165, 1.54) is 27.0 Å². The lowest BCUT2D eigenvalue weighted by Crippen LogP contribution is -2.38. The zero-order valence-electron chi connectivity index (χ0n) is 20.8. The number of aromatic nitrogens is 2. The van der Waals surface area contributed by atoms with Gasteiger partial charge in [0.2, 0.25) is 0 Å². The summed E-state index contributed by atoms with van der Waals surface area (Å²) in [6, 6.07) is 44.1. The van der Waals surface area contributed by atoms with Crippen LogP contribution in [0.5, 0.6) is 0 Å². The largest absolute Gasteiger partial charge is 0.253 e. The van der Waals surface area contributed by atoms with E-state index >= 15 is 0 Å². The maximum absolute atomic E-state index is 2.44. The maximum atomic E-state index is 2.44. The van der Waals surface area contributed by atoms with Gasteiger partial charge in [0.25, 0.3) is 5.82 Å². The van der Waals surface area contributed by atoms with E-state index in [2.05, 4.69) is 150 Å². The Morgan fingerprint density at radius 3 is 1.36 bits per heavy atom. The second kappa shape index (κ2) is 12.3. The van der Waals surface area contributed by atoms with Crippen LogP contribution in [0.1, 0.15) is 5.82 Å². The summed E-state index contributed by atoms with van der Waals surface area (Å²) < 4.78 is 4.88. The smallest absolute Gasteiger partial charge is 0.234 e. The number of hydrogen-bond donors (Lipinski definition) is 0. The van der Waals surface area contributed by atoms with Crippen molar-refractivity contribution in [2.75, 3.05) is 12.3 Å². The average molecular weight is 508 g/mol. The fraction of sp³-hybridized carbons (Fsp3) is 0.156. The molecule has 0 aliphatic carbocycles. The van der Waals surface area contributed by atoms with Gasteiger partial charge in [-0.15, -0.1) is 0 Å². The molecule has 36 heavy (non-hydrogen) atoms. The third-order valence-electron chi connectivity index (χ3n) is 6.66. The van der Waals surface area contributed by atoms with Crippen molar-refractivity contribution in [1.82, 2.24) is 4.57 Å². The molecule has 0 bridgehead atoms. The Hall–Kier alpha value is -3.05. The van der Waals surface area contributed by atoms with Gasteiger partial charge >= 0.3 is 0 Å². The summed E-state index contributed by atoms with van der Waals surface area (Å²) in [5.41, 5.74) is 0. The SMILES string of the molecule is Cc1n(CCP(c2ccccc2)c2ccccc2)cc[n+]1CCP(c1ccccc1)c1ccccc1. The molecule has 1 aromatic heterocycles. The van der Waals surface area contributed by atoms with Crippen LogP contribution in [0.25, 0.3) is 0 Å². The predicted octanol–water partition coefficient (Wildman–Crippen LogP) is 5.35. The van der Waals surface area contributed by atoms with E-state index in [9.17, 15) is 0 Å². The van der Waals surface area contributed by atoms with E-state index in [0.29, 0.717) is 0 Å². The quantitative estimate of drug-likeness (QED) is 0.178. The Morgan fingerprint density at radius 2 is 0.944 bits per heavy atom. The molecule has 0 radical (unpaired) electrons. The molecule has 0 fully saturated rings. The van der Waals surface area contributed by atoms with Crippen LogP contribution in [0.4, 0.5) is 0 Å². The number of benzene rings is 4. The van der Waals surface area contributed by atoms with Crippen LogP contribution < -0.4 is 25.8 Å². The van der Waals surface area contributed by atoms with Gasteiger partial charge in [0.1, 0.15) is 12.4 Å². The molecule has 5 rings (SSSR count). The summed E-state index contributed by atoms with van der Waals surface area (Å²) in [7, 11) is -0.767. The summed E-state index contributed by atoms with van der Waals surface area (Å²) in [4.78, 5) is 0. The lowest BCUT2D eigenvalue weighted by Gasteiger charge is -2.18. The van der Waals surface area contributed by atoms with Crippen molar-refractivity contribution in [1.29, 1.82) is 0 Å². The van der Waals surface area contributed by atoms with Gasteiger partial charge in [-0.1, -0.05) is 121 Å². The van der Waals surface area contributed by atoms with Crippen LogP contribution in [0, 0.1) is 6.92 Å². The molecule has 0 aliphatic rings. The van der Waals surface area contributed by atoms with Crippen LogP contribution >= 0.6 is 15.8 Å². The highest BCUT2D eigenvalue weighted by molar-refractivity contribution is 7.73. The van der Waals surface area contributed by atoms with Crippen molar-refractivity contribution in [3.05, 3.63) is 140 Å². The molecule has 0 saturated carbocycles. The molecule has 0 amide bonds. The summed E-state index contributed by atoms with van der Waals surface area (Å²) in [6.45, 7) is 4.32. The van der Waals surface area contributed by atoms with Crippen LogP contribution in [0.15, 0.2) is 134 Å². The van der Waals surface area contributed by atoms with Crippen LogP contribution in [-0.4, -0.2) is 16.9 Å². The van der Waals surface area contributed by atoms with E-state index < -0.39 is 0 Å². The van der Waals surface area contributed by atoms with Gasteiger partial charge in [0.05, 0.1) is 13.1 Å². The fourth-order valence-electron chi connectivity index (χ4n) is 4.68. The number of hydrogen-bond acceptors (Lipinski definition) is 0. The number of aryl methyl sites for hydroxylation is 2.